The maximum atomic E-state index is 6.30. The van der Waals surface area contributed by atoms with Crippen molar-refractivity contribution in [3.63, 3.8) is 0 Å². The van der Waals surface area contributed by atoms with E-state index in [1.54, 1.807) is 0 Å². The standard InChI is InChI=1S/C15H17ClN4/c1-10-5-4-6-12-14(10)18-15(11(2)16)20(12)9-13-17-7-8-19(13)3/h4-8,11H,9H2,1-3H3. The SMILES string of the molecule is Cc1cccc2c1nc(C(C)Cl)n2Cc1nccn1C. The second-order valence-corrected chi connectivity index (χ2v) is 5.72. The molecule has 0 saturated carbocycles. The zero-order valence-corrected chi connectivity index (χ0v) is 12.6. The molecule has 1 aromatic carbocycles. The Balaban J connectivity index is 2.19. The summed E-state index contributed by atoms with van der Waals surface area (Å²) in [5, 5.41) is -0.137. The minimum absolute atomic E-state index is 0.137. The highest BCUT2D eigenvalue weighted by Gasteiger charge is 2.17. The van der Waals surface area contributed by atoms with Crippen LogP contribution in [-0.2, 0) is 13.6 Å². The molecule has 0 amide bonds. The van der Waals surface area contributed by atoms with Crippen LogP contribution < -0.4 is 0 Å². The van der Waals surface area contributed by atoms with Gasteiger partial charge in [0.25, 0.3) is 0 Å². The van der Waals surface area contributed by atoms with Crippen molar-refractivity contribution in [3.8, 4) is 0 Å². The van der Waals surface area contributed by atoms with Gasteiger partial charge >= 0.3 is 0 Å². The summed E-state index contributed by atoms with van der Waals surface area (Å²) in [6.45, 7) is 4.70. The van der Waals surface area contributed by atoms with Gasteiger partial charge in [0, 0.05) is 19.4 Å². The van der Waals surface area contributed by atoms with Gasteiger partial charge in [0.1, 0.15) is 11.6 Å². The molecule has 2 heterocycles. The maximum absolute atomic E-state index is 6.30. The highest BCUT2D eigenvalue weighted by atomic mass is 35.5. The van der Waals surface area contributed by atoms with Gasteiger partial charge in [0.2, 0.25) is 0 Å². The molecule has 0 aliphatic rings. The van der Waals surface area contributed by atoms with E-state index in [1.807, 2.05) is 30.9 Å². The fourth-order valence-corrected chi connectivity index (χ4v) is 2.63. The number of imidazole rings is 2. The lowest BCUT2D eigenvalue weighted by atomic mass is 10.2. The molecule has 3 aromatic rings. The number of benzene rings is 1. The Labute approximate surface area is 123 Å². The van der Waals surface area contributed by atoms with Crippen LogP contribution in [0.1, 0.15) is 29.5 Å². The maximum Gasteiger partial charge on any atom is 0.128 e. The van der Waals surface area contributed by atoms with E-state index in [2.05, 4.69) is 34.7 Å². The number of rotatable bonds is 3. The molecule has 0 bridgehead atoms. The quantitative estimate of drug-likeness (QED) is 0.692. The van der Waals surface area contributed by atoms with Crippen LogP contribution in [0.3, 0.4) is 0 Å². The second-order valence-electron chi connectivity index (χ2n) is 5.07. The number of aromatic nitrogens is 4. The Morgan fingerprint density at radius 1 is 1.35 bits per heavy atom. The van der Waals surface area contributed by atoms with Crippen molar-refractivity contribution in [1.82, 2.24) is 19.1 Å². The van der Waals surface area contributed by atoms with Crippen molar-refractivity contribution in [2.75, 3.05) is 0 Å². The van der Waals surface area contributed by atoms with Gasteiger partial charge in [0.05, 0.1) is 23.0 Å². The Morgan fingerprint density at radius 3 is 2.80 bits per heavy atom. The third-order valence-electron chi connectivity index (χ3n) is 3.59. The number of hydrogen-bond acceptors (Lipinski definition) is 2. The first kappa shape index (κ1) is 13.2. The predicted molar refractivity (Wildman–Crippen MR) is 81.0 cm³/mol. The van der Waals surface area contributed by atoms with E-state index in [1.165, 1.54) is 5.56 Å². The summed E-state index contributed by atoms with van der Waals surface area (Å²) in [7, 11) is 2.00. The van der Waals surface area contributed by atoms with E-state index >= 15 is 0 Å². The predicted octanol–water partition coefficient (Wildman–Crippen LogP) is 3.43. The first-order valence-electron chi connectivity index (χ1n) is 6.64. The number of nitrogens with zero attached hydrogens (tertiary/aromatic N) is 4. The smallest absolute Gasteiger partial charge is 0.128 e. The normalized spacial score (nSPS) is 13.0. The average molecular weight is 289 g/mol. The monoisotopic (exact) mass is 288 g/mol. The zero-order valence-electron chi connectivity index (χ0n) is 11.8. The minimum Gasteiger partial charge on any atom is -0.337 e. The molecule has 0 spiro atoms. The summed E-state index contributed by atoms with van der Waals surface area (Å²) in [6.07, 6.45) is 3.76. The molecule has 4 nitrogen and oxygen atoms in total. The number of fused-ring (bicyclic) bond motifs is 1. The van der Waals surface area contributed by atoms with Crippen molar-refractivity contribution in [2.45, 2.75) is 25.8 Å². The summed E-state index contributed by atoms with van der Waals surface area (Å²) < 4.78 is 4.17. The van der Waals surface area contributed by atoms with Crippen LogP contribution in [0.25, 0.3) is 11.0 Å². The second kappa shape index (κ2) is 4.94. The molecular weight excluding hydrogens is 272 g/mol. The van der Waals surface area contributed by atoms with Crippen molar-refractivity contribution < 1.29 is 0 Å². The lowest BCUT2D eigenvalue weighted by Gasteiger charge is -2.10. The van der Waals surface area contributed by atoms with Crippen molar-refractivity contribution in [1.29, 1.82) is 0 Å². The van der Waals surface area contributed by atoms with Crippen LogP contribution in [-0.4, -0.2) is 19.1 Å². The Morgan fingerprint density at radius 2 is 2.15 bits per heavy atom. The zero-order chi connectivity index (χ0) is 14.3. The minimum atomic E-state index is -0.137. The third-order valence-corrected chi connectivity index (χ3v) is 3.78. The molecule has 0 aliphatic heterocycles. The lowest BCUT2D eigenvalue weighted by molar-refractivity contribution is 0.677. The van der Waals surface area contributed by atoms with Gasteiger partial charge in [-0.3, -0.25) is 0 Å². The molecule has 5 heteroatoms. The largest absolute Gasteiger partial charge is 0.337 e. The van der Waals surface area contributed by atoms with Gasteiger partial charge in [-0.15, -0.1) is 11.6 Å². The Hall–Kier alpha value is -1.81. The summed E-state index contributed by atoms with van der Waals surface area (Å²) in [5.41, 5.74) is 3.29. The molecule has 20 heavy (non-hydrogen) atoms. The number of hydrogen-bond donors (Lipinski definition) is 0. The number of para-hydroxylation sites is 1. The summed E-state index contributed by atoms with van der Waals surface area (Å²) >= 11 is 6.30. The molecule has 2 aromatic heterocycles. The van der Waals surface area contributed by atoms with Crippen LogP contribution in [0.4, 0.5) is 0 Å². The summed E-state index contributed by atoms with van der Waals surface area (Å²) in [6, 6.07) is 6.21. The summed E-state index contributed by atoms with van der Waals surface area (Å²) in [4.78, 5) is 9.11. The van der Waals surface area contributed by atoms with E-state index in [-0.39, 0.29) is 5.38 Å². The molecular formula is C15H17ClN4. The highest BCUT2D eigenvalue weighted by molar-refractivity contribution is 6.20. The molecule has 1 atom stereocenters. The van der Waals surface area contributed by atoms with Crippen LogP contribution >= 0.6 is 11.6 Å². The van der Waals surface area contributed by atoms with Crippen LogP contribution in [0.15, 0.2) is 30.6 Å². The highest BCUT2D eigenvalue weighted by Crippen LogP contribution is 2.26. The van der Waals surface area contributed by atoms with E-state index in [4.69, 9.17) is 16.6 Å². The number of alkyl halides is 1. The Bertz CT molecular complexity index is 754. The van der Waals surface area contributed by atoms with E-state index in [9.17, 15) is 0 Å². The van der Waals surface area contributed by atoms with Gasteiger partial charge in [0.15, 0.2) is 0 Å². The molecule has 0 aliphatic carbocycles. The van der Waals surface area contributed by atoms with Crippen LogP contribution in [0, 0.1) is 6.92 Å². The number of aryl methyl sites for hydroxylation is 2. The fraction of sp³-hybridized carbons (Fsp3) is 0.333. The van der Waals surface area contributed by atoms with E-state index in [0.717, 1.165) is 22.7 Å². The lowest BCUT2D eigenvalue weighted by Crippen LogP contribution is -2.09. The molecule has 0 radical (unpaired) electrons. The molecule has 104 valence electrons. The molecule has 1 unspecified atom stereocenters. The molecule has 0 fully saturated rings. The first-order chi connectivity index (χ1) is 9.58. The van der Waals surface area contributed by atoms with Gasteiger partial charge in [-0.2, -0.15) is 0 Å². The number of halogens is 1. The van der Waals surface area contributed by atoms with Crippen molar-refractivity contribution >= 4 is 22.6 Å². The van der Waals surface area contributed by atoms with E-state index in [0.29, 0.717) is 6.54 Å². The molecule has 0 saturated heterocycles. The fourth-order valence-electron chi connectivity index (χ4n) is 2.47. The van der Waals surface area contributed by atoms with Crippen molar-refractivity contribution in [2.24, 2.45) is 7.05 Å². The molecule has 0 N–H and O–H groups in total. The van der Waals surface area contributed by atoms with E-state index < -0.39 is 0 Å². The first-order valence-corrected chi connectivity index (χ1v) is 7.07. The van der Waals surface area contributed by atoms with Gasteiger partial charge in [-0.05, 0) is 25.5 Å². The van der Waals surface area contributed by atoms with Gasteiger partial charge < -0.3 is 9.13 Å². The third kappa shape index (κ3) is 2.10. The van der Waals surface area contributed by atoms with Gasteiger partial charge in [-0.1, -0.05) is 12.1 Å². The van der Waals surface area contributed by atoms with Crippen LogP contribution in [0.2, 0.25) is 0 Å². The Kier molecular flexibility index (Phi) is 3.26. The summed E-state index contributed by atoms with van der Waals surface area (Å²) in [5.74, 6) is 1.88. The van der Waals surface area contributed by atoms with Gasteiger partial charge in [-0.25, -0.2) is 9.97 Å². The molecule has 3 rings (SSSR count). The van der Waals surface area contributed by atoms with Crippen LogP contribution in [0.5, 0.6) is 0 Å². The average Bonchev–Trinajstić information content (AvgIpc) is 2.96. The topological polar surface area (TPSA) is 35.6 Å². The van der Waals surface area contributed by atoms with Crippen molar-refractivity contribution in [3.05, 3.63) is 47.8 Å².